The first-order valence-electron chi connectivity index (χ1n) is 8.96. The summed E-state index contributed by atoms with van der Waals surface area (Å²) in [4.78, 5) is 25.5. The lowest BCUT2D eigenvalue weighted by atomic mass is 10.1. The number of benzene rings is 1. The van der Waals surface area contributed by atoms with E-state index in [0.29, 0.717) is 29.3 Å². The molecule has 0 saturated carbocycles. The molecular formula is C20H19ClN4O2S. The number of nitrogens with one attached hydrogen (secondary N) is 1. The maximum Gasteiger partial charge on any atom is 0.291 e. The minimum atomic E-state index is -0.700. The Morgan fingerprint density at radius 3 is 2.75 bits per heavy atom. The smallest absolute Gasteiger partial charge is 0.291 e. The average Bonchev–Trinajstić information content (AvgIpc) is 3.27. The van der Waals surface area contributed by atoms with Gasteiger partial charge in [-0.3, -0.25) is 14.0 Å². The van der Waals surface area contributed by atoms with E-state index in [9.17, 15) is 9.59 Å². The summed E-state index contributed by atoms with van der Waals surface area (Å²) in [5, 5.41) is 9.95. The summed E-state index contributed by atoms with van der Waals surface area (Å²) in [6.07, 6.45) is 0.686. The van der Waals surface area contributed by atoms with Crippen LogP contribution in [-0.4, -0.2) is 26.6 Å². The lowest BCUT2D eigenvalue weighted by molar-refractivity contribution is -0.124. The SMILES string of the molecule is Cc1nn([C@@H](C)C(=O)NCCc2ccc(Cl)cc2)c(=O)c2cc3sccc3n12. The third-order valence-corrected chi connectivity index (χ3v) is 5.90. The van der Waals surface area contributed by atoms with Crippen LogP contribution in [0.3, 0.4) is 0 Å². The highest BCUT2D eigenvalue weighted by Crippen LogP contribution is 2.24. The lowest BCUT2D eigenvalue weighted by Gasteiger charge is -2.15. The van der Waals surface area contributed by atoms with Crippen LogP contribution in [0.25, 0.3) is 15.7 Å². The van der Waals surface area contributed by atoms with Crippen LogP contribution in [0.5, 0.6) is 0 Å². The van der Waals surface area contributed by atoms with Crippen molar-refractivity contribution in [2.75, 3.05) is 6.54 Å². The molecule has 3 heterocycles. The Labute approximate surface area is 170 Å². The highest BCUT2D eigenvalue weighted by Gasteiger charge is 2.20. The Balaban J connectivity index is 1.53. The van der Waals surface area contributed by atoms with Crippen molar-refractivity contribution >= 4 is 44.6 Å². The number of hydrogen-bond donors (Lipinski definition) is 1. The topological polar surface area (TPSA) is 68.4 Å². The molecule has 0 bridgehead atoms. The summed E-state index contributed by atoms with van der Waals surface area (Å²) in [5.74, 6) is 0.435. The first kappa shape index (κ1) is 18.7. The van der Waals surface area contributed by atoms with E-state index in [0.717, 1.165) is 15.8 Å². The highest BCUT2D eigenvalue weighted by atomic mass is 35.5. The molecule has 0 aliphatic rings. The number of carbonyl (C=O) groups excluding carboxylic acids is 1. The van der Waals surface area contributed by atoms with Crippen LogP contribution in [0.2, 0.25) is 5.02 Å². The molecule has 144 valence electrons. The highest BCUT2D eigenvalue weighted by molar-refractivity contribution is 7.17. The maximum absolute atomic E-state index is 12.9. The lowest BCUT2D eigenvalue weighted by Crippen LogP contribution is -2.38. The van der Waals surface area contributed by atoms with E-state index >= 15 is 0 Å². The van der Waals surface area contributed by atoms with Crippen molar-refractivity contribution in [3.05, 3.63) is 68.5 Å². The van der Waals surface area contributed by atoms with Crippen molar-refractivity contribution in [3.8, 4) is 0 Å². The van der Waals surface area contributed by atoms with Gasteiger partial charge in [0.1, 0.15) is 17.4 Å². The van der Waals surface area contributed by atoms with Gasteiger partial charge in [0.25, 0.3) is 5.56 Å². The molecule has 6 nitrogen and oxygen atoms in total. The van der Waals surface area contributed by atoms with Gasteiger partial charge in [0.05, 0.1) is 10.2 Å². The van der Waals surface area contributed by atoms with Gasteiger partial charge in [-0.2, -0.15) is 5.10 Å². The largest absolute Gasteiger partial charge is 0.354 e. The van der Waals surface area contributed by atoms with Gasteiger partial charge in [-0.05, 0) is 55.5 Å². The molecule has 0 aliphatic heterocycles. The fraction of sp³-hybridized carbons (Fsp3) is 0.250. The molecule has 0 spiro atoms. The molecule has 1 aromatic carbocycles. The van der Waals surface area contributed by atoms with Gasteiger partial charge >= 0.3 is 0 Å². The molecule has 3 aromatic heterocycles. The quantitative estimate of drug-likeness (QED) is 0.542. The molecular weight excluding hydrogens is 396 g/mol. The number of rotatable bonds is 5. The molecule has 1 atom stereocenters. The Morgan fingerprint density at radius 2 is 2.00 bits per heavy atom. The van der Waals surface area contributed by atoms with E-state index in [1.807, 2.05) is 53.1 Å². The van der Waals surface area contributed by atoms with Crippen molar-refractivity contribution in [1.82, 2.24) is 19.5 Å². The molecule has 4 rings (SSSR count). The molecule has 8 heteroatoms. The molecule has 1 N–H and O–H groups in total. The molecule has 4 aromatic rings. The van der Waals surface area contributed by atoms with E-state index in [4.69, 9.17) is 11.6 Å². The summed E-state index contributed by atoms with van der Waals surface area (Å²) in [6.45, 7) is 4.00. The number of thiophene rings is 1. The van der Waals surface area contributed by atoms with Crippen molar-refractivity contribution in [2.24, 2.45) is 0 Å². The van der Waals surface area contributed by atoms with Gasteiger partial charge in [-0.1, -0.05) is 23.7 Å². The number of carbonyl (C=O) groups is 1. The second-order valence-electron chi connectivity index (χ2n) is 6.68. The van der Waals surface area contributed by atoms with Crippen LogP contribution < -0.4 is 10.9 Å². The minimum Gasteiger partial charge on any atom is -0.354 e. The van der Waals surface area contributed by atoms with E-state index in [-0.39, 0.29) is 11.5 Å². The van der Waals surface area contributed by atoms with Crippen LogP contribution in [0.1, 0.15) is 24.4 Å². The molecule has 0 saturated heterocycles. The van der Waals surface area contributed by atoms with Crippen LogP contribution >= 0.6 is 22.9 Å². The van der Waals surface area contributed by atoms with Crippen LogP contribution in [0.15, 0.2) is 46.6 Å². The van der Waals surface area contributed by atoms with Gasteiger partial charge in [0, 0.05) is 11.6 Å². The number of aryl methyl sites for hydroxylation is 1. The normalized spacial score (nSPS) is 12.5. The van der Waals surface area contributed by atoms with E-state index < -0.39 is 6.04 Å². The summed E-state index contributed by atoms with van der Waals surface area (Å²) < 4.78 is 4.14. The predicted octanol–water partition coefficient (Wildman–Crippen LogP) is 3.59. The van der Waals surface area contributed by atoms with E-state index in [1.165, 1.54) is 4.68 Å². The summed E-state index contributed by atoms with van der Waals surface area (Å²) >= 11 is 7.46. The third kappa shape index (κ3) is 3.31. The van der Waals surface area contributed by atoms with Gasteiger partial charge in [-0.25, -0.2) is 4.68 Å². The third-order valence-electron chi connectivity index (χ3n) is 4.80. The van der Waals surface area contributed by atoms with Gasteiger partial charge in [0.15, 0.2) is 0 Å². The second kappa shape index (κ2) is 7.41. The monoisotopic (exact) mass is 414 g/mol. The molecule has 0 radical (unpaired) electrons. The summed E-state index contributed by atoms with van der Waals surface area (Å²) in [6, 6.07) is 10.6. The zero-order valence-corrected chi connectivity index (χ0v) is 17.0. The molecule has 1 amide bonds. The van der Waals surface area contributed by atoms with E-state index in [1.54, 1.807) is 18.3 Å². The van der Waals surface area contributed by atoms with Crippen molar-refractivity contribution in [2.45, 2.75) is 26.3 Å². The number of hydrogen-bond acceptors (Lipinski definition) is 4. The zero-order valence-electron chi connectivity index (χ0n) is 15.5. The Hall–Kier alpha value is -2.64. The van der Waals surface area contributed by atoms with Gasteiger partial charge in [-0.15, -0.1) is 11.3 Å². The average molecular weight is 415 g/mol. The van der Waals surface area contributed by atoms with Crippen LogP contribution in [0, 0.1) is 6.92 Å². The molecule has 28 heavy (non-hydrogen) atoms. The number of amides is 1. The van der Waals surface area contributed by atoms with Gasteiger partial charge in [0.2, 0.25) is 5.91 Å². The fourth-order valence-corrected chi connectivity index (χ4v) is 4.23. The first-order chi connectivity index (χ1) is 13.5. The van der Waals surface area contributed by atoms with Crippen LogP contribution in [-0.2, 0) is 11.2 Å². The van der Waals surface area contributed by atoms with E-state index in [2.05, 4.69) is 10.4 Å². The summed E-state index contributed by atoms with van der Waals surface area (Å²) in [7, 11) is 0. The number of fused-ring (bicyclic) bond motifs is 3. The number of aromatic nitrogens is 3. The van der Waals surface area contributed by atoms with Gasteiger partial charge < -0.3 is 5.32 Å². The maximum atomic E-state index is 12.9. The summed E-state index contributed by atoms with van der Waals surface area (Å²) in [5.41, 5.74) is 2.32. The predicted molar refractivity (Wildman–Crippen MR) is 112 cm³/mol. The number of halogens is 1. The van der Waals surface area contributed by atoms with Crippen molar-refractivity contribution in [1.29, 1.82) is 0 Å². The first-order valence-corrected chi connectivity index (χ1v) is 10.2. The minimum absolute atomic E-state index is 0.235. The molecule has 0 unspecified atom stereocenters. The Morgan fingerprint density at radius 1 is 1.25 bits per heavy atom. The Bertz CT molecular complexity index is 1220. The molecule has 0 aliphatic carbocycles. The number of nitrogens with zero attached hydrogens (tertiary/aromatic N) is 3. The van der Waals surface area contributed by atoms with Crippen molar-refractivity contribution in [3.63, 3.8) is 0 Å². The Kier molecular flexibility index (Phi) is 4.95. The zero-order chi connectivity index (χ0) is 19.8. The second-order valence-corrected chi connectivity index (χ2v) is 8.06. The molecule has 0 fully saturated rings. The van der Waals surface area contributed by atoms with Crippen molar-refractivity contribution < 1.29 is 4.79 Å². The van der Waals surface area contributed by atoms with Crippen LogP contribution in [0.4, 0.5) is 0 Å². The fourth-order valence-electron chi connectivity index (χ4n) is 3.30. The standard InChI is InChI=1S/C20H19ClN4O2S/c1-12(19(26)22-9-7-14-3-5-15(21)6-4-14)25-20(27)17-11-18-16(8-10-28-18)24(17)13(2)23-25/h3-6,8,10-12H,7,9H2,1-2H3,(H,22,26)/t12-/m0/s1.